The van der Waals surface area contributed by atoms with Gasteiger partial charge in [0, 0.05) is 25.6 Å². The molecule has 0 aliphatic carbocycles. The molecule has 3 rings (SSSR count). The number of rotatable bonds is 29. The van der Waals surface area contributed by atoms with Gasteiger partial charge in [-0.05, 0) is 46.5 Å². The minimum Gasteiger partial charge on any atom is -0.480 e. The fourth-order valence-electron chi connectivity index (χ4n) is 7.00. The number of nitrogens with two attached hydrogens (primary N) is 1. The van der Waals surface area contributed by atoms with Crippen LogP contribution in [0.3, 0.4) is 0 Å². The Labute approximate surface area is 422 Å². The summed E-state index contributed by atoms with van der Waals surface area (Å²) in [5.74, 6) is -9.59. The number of carbonyl (C=O) groups excluding carboxylic acids is 5. The van der Waals surface area contributed by atoms with Crippen molar-refractivity contribution in [3.63, 3.8) is 0 Å². The number of hydrogen-bond acceptors (Lipinski definition) is 23. The first-order valence-electron chi connectivity index (χ1n) is 22.3. The largest absolute Gasteiger partial charge is 0.483 e. The van der Waals surface area contributed by atoms with Crippen molar-refractivity contribution in [2.75, 3.05) is 13.2 Å². The number of aliphatic hydroxyl groups is 4. The van der Waals surface area contributed by atoms with Crippen LogP contribution in [0.25, 0.3) is 0 Å². The molecule has 5 amide bonds. The number of amides is 5. The van der Waals surface area contributed by atoms with E-state index < -0.39 is 192 Å². The summed E-state index contributed by atoms with van der Waals surface area (Å²) in [6.45, 7) is 1.88. The van der Waals surface area contributed by atoms with Crippen molar-refractivity contribution in [1.82, 2.24) is 36.1 Å². The smallest absolute Gasteiger partial charge is 0.480 e. The molecule has 2 aliphatic heterocycles. The molecule has 2 aliphatic rings. The number of carboxylic acids is 3. The molecule has 0 aromatic carbocycles. The van der Waals surface area contributed by atoms with Gasteiger partial charge in [0.15, 0.2) is 12.5 Å². The Morgan fingerprint density at radius 2 is 1.43 bits per heavy atom. The van der Waals surface area contributed by atoms with E-state index in [-0.39, 0.29) is 19.3 Å². The van der Waals surface area contributed by atoms with Crippen LogP contribution in [0.15, 0.2) is 21.9 Å². The Hall–Kier alpha value is -5.62. The summed E-state index contributed by atoms with van der Waals surface area (Å²) in [7, 11) is -11.7. The monoisotopic (exact) mass is 1120 g/mol. The first kappa shape index (κ1) is 63.7. The molecule has 17 N–H and O–H groups in total. The Morgan fingerprint density at radius 1 is 0.787 bits per heavy atom. The molecule has 0 radical (unpaired) electrons. The number of hydrogen-bond donors (Lipinski definition) is 16. The van der Waals surface area contributed by atoms with Crippen molar-refractivity contribution >= 4 is 63.1 Å². The molecule has 3 heterocycles. The first-order chi connectivity index (χ1) is 34.8. The summed E-state index contributed by atoms with van der Waals surface area (Å²) in [4.78, 5) is 145. The molecule has 0 bridgehead atoms. The minimum atomic E-state index is -5.95. The van der Waals surface area contributed by atoms with Crippen molar-refractivity contribution in [3.8, 4) is 0 Å². The van der Waals surface area contributed by atoms with Crippen LogP contribution in [-0.2, 0) is 75.1 Å². The third-order valence-corrected chi connectivity index (χ3v) is 13.6. The summed E-state index contributed by atoms with van der Waals surface area (Å²) in [6.07, 6.45) is -17.8. The molecular weight excluding hydrogens is 1060 g/mol. The van der Waals surface area contributed by atoms with Gasteiger partial charge in [0.25, 0.3) is 5.56 Å². The highest BCUT2D eigenvalue weighted by Gasteiger charge is 2.52. The van der Waals surface area contributed by atoms with Gasteiger partial charge in [0.1, 0.15) is 79.0 Å². The van der Waals surface area contributed by atoms with E-state index in [1.807, 2.05) is 4.98 Å². The molecule has 0 spiro atoms. The van der Waals surface area contributed by atoms with Gasteiger partial charge in [-0.2, -0.15) is 4.31 Å². The minimum absolute atomic E-state index is 0.0218. The van der Waals surface area contributed by atoms with Gasteiger partial charge in [0.05, 0.1) is 13.2 Å². The second-order valence-corrected chi connectivity index (χ2v) is 19.9. The zero-order valence-electron chi connectivity index (χ0n) is 40.1. The molecule has 0 saturated carbocycles. The van der Waals surface area contributed by atoms with E-state index >= 15 is 0 Å². The van der Waals surface area contributed by atoms with Gasteiger partial charge in [-0.15, -0.1) is 0 Å². The molecule has 75 heavy (non-hydrogen) atoms. The topological polar surface area (TPSA) is 549 Å². The zero-order valence-corrected chi connectivity index (χ0v) is 41.8. The van der Waals surface area contributed by atoms with Gasteiger partial charge in [0.2, 0.25) is 29.5 Å². The van der Waals surface area contributed by atoms with Crippen LogP contribution < -0.4 is 43.6 Å². The van der Waals surface area contributed by atoms with Crippen LogP contribution >= 0.6 is 15.6 Å². The van der Waals surface area contributed by atoms with Crippen LogP contribution in [0.2, 0.25) is 0 Å². The number of aliphatic hydroxyl groups excluding tert-OH is 4. The maximum absolute atomic E-state index is 13.3. The van der Waals surface area contributed by atoms with Crippen LogP contribution in [0.1, 0.15) is 66.0 Å². The lowest BCUT2D eigenvalue weighted by Gasteiger charge is -2.44. The molecule has 17 atom stereocenters. The summed E-state index contributed by atoms with van der Waals surface area (Å²) in [6, 6.07) is -8.58. The third kappa shape index (κ3) is 19.2. The van der Waals surface area contributed by atoms with Crippen LogP contribution in [0.5, 0.6) is 0 Å². The predicted octanol–water partition coefficient (Wildman–Crippen LogP) is -6.73. The molecule has 1 aromatic rings. The van der Waals surface area contributed by atoms with Crippen LogP contribution in [-0.4, -0.2) is 201 Å². The summed E-state index contributed by atoms with van der Waals surface area (Å²) in [5.41, 5.74) is 3.59. The van der Waals surface area contributed by atoms with E-state index in [4.69, 9.17) is 34.7 Å². The Bertz CT molecular complexity index is 2440. The molecular formula is C38H60N8O27P2. The van der Waals surface area contributed by atoms with E-state index in [1.54, 1.807) is 0 Å². The number of carboxylic acid groups (broad SMARTS) is 3. The predicted molar refractivity (Wildman–Crippen MR) is 242 cm³/mol. The van der Waals surface area contributed by atoms with E-state index in [0.29, 0.717) is 4.57 Å². The molecule has 2 unspecified atom stereocenters. The number of nitrogens with zero attached hydrogens (tertiary/aromatic N) is 1. The van der Waals surface area contributed by atoms with Crippen molar-refractivity contribution in [3.05, 3.63) is 33.1 Å². The lowest BCUT2D eigenvalue weighted by Crippen LogP contribution is -2.66. The second-order valence-electron chi connectivity index (χ2n) is 16.9. The highest BCUT2D eigenvalue weighted by molar-refractivity contribution is 7.61. The van der Waals surface area contributed by atoms with E-state index in [2.05, 4.69) is 35.4 Å². The van der Waals surface area contributed by atoms with Crippen LogP contribution in [0.4, 0.5) is 0 Å². The normalized spacial score (nSPS) is 26.6. The summed E-state index contributed by atoms with van der Waals surface area (Å²) in [5, 5.41) is 80.8. The molecule has 424 valence electrons. The number of phosphoric acid groups is 2. The number of carbonyl (C=O) groups is 8. The Morgan fingerprint density at radius 3 is 2.00 bits per heavy atom. The van der Waals surface area contributed by atoms with Crippen molar-refractivity contribution in [1.29, 1.82) is 0 Å². The van der Waals surface area contributed by atoms with Gasteiger partial charge in [-0.3, -0.25) is 57.0 Å². The first-order valence-corrected chi connectivity index (χ1v) is 25.3. The SMILES string of the molecule is CC(=O)N[C@H]1[C@@H](OP(=O)(O)OP(=O)(O)OC[C@H]2O[C@@H](n3ccc(=O)[nH]c3=O)[C@H](O)[C@@H]2O)O[C@H](CO)[C@@H](O)[C@@H]1O[C@H](C)C(=O)N[C@@H](C)C(=O)N[C@H](CCC(=O)N[C@@H](CCC[C@@H](N)C(=O)O)C(=O)N[C@H](C)C(=O)O)C(=O)O. The van der Waals surface area contributed by atoms with Crippen molar-refractivity contribution in [2.45, 2.75) is 151 Å². The number of aromatic nitrogens is 2. The van der Waals surface area contributed by atoms with Gasteiger partial charge in [-0.25, -0.2) is 18.7 Å². The lowest BCUT2D eigenvalue weighted by atomic mass is 9.96. The molecule has 37 heteroatoms. The Kier molecular flexibility index (Phi) is 23.7. The van der Waals surface area contributed by atoms with Gasteiger partial charge < -0.3 is 92.1 Å². The van der Waals surface area contributed by atoms with Crippen LogP contribution in [0, 0.1) is 0 Å². The van der Waals surface area contributed by atoms with Gasteiger partial charge in [-0.1, -0.05) is 0 Å². The highest BCUT2D eigenvalue weighted by atomic mass is 31.3. The molecule has 35 nitrogen and oxygen atoms in total. The fraction of sp³-hybridized carbons (Fsp3) is 0.684. The van der Waals surface area contributed by atoms with E-state index in [1.165, 1.54) is 0 Å². The molecule has 2 fully saturated rings. The average molecular weight is 1120 g/mol. The van der Waals surface area contributed by atoms with Crippen molar-refractivity contribution < 1.29 is 121 Å². The lowest BCUT2D eigenvalue weighted by molar-refractivity contribution is -0.261. The number of aliphatic carboxylic acids is 3. The second kappa shape index (κ2) is 28.0. The standard InChI is InChI=1S/C38H60N8O27P2/c1-14(30(54)44-20(36(61)62)8-9-23(49)43-19(7-5-6-18(39)35(59)60)32(56)41-15(2)34(57)58)40-31(55)16(3)69-29-25(42-17(4)48)37(71-21(12-47)27(29)52)72-75(66,67)73-74(64,65)68-13-22-26(51)28(53)33(70-22)46-11-10-24(50)45-38(46)63/h10-11,14-16,18-22,25-29,33,37,47,51-53H,5-9,12-13,39H2,1-4H3,(H,40,55)(H,41,56)(H,42,48)(H,43,49)(H,44,54)(H,57,58)(H,59,60)(H,61,62)(H,64,65)(H,66,67)(H,45,50,63)/t14-,15+,16+,18+,19-,20+,21+,22+,25+,26+,27+,28+,29+,33+,37+/m0/s1. The van der Waals surface area contributed by atoms with Crippen molar-refractivity contribution in [2.24, 2.45) is 5.73 Å². The highest BCUT2D eigenvalue weighted by Crippen LogP contribution is 2.61. The number of ether oxygens (including phenoxy) is 3. The quantitative estimate of drug-likeness (QED) is 0.0332. The number of H-pyrrole nitrogens is 1. The van der Waals surface area contributed by atoms with Gasteiger partial charge >= 0.3 is 39.2 Å². The summed E-state index contributed by atoms with van der Waals surface area (Å²) < 4.78 is 56.9. The number of nitrogens with one attached hydrogen (secondary N) is 6. The Balaban J connectivity index is 1.66. The fourth-order valence-corrected chi connectivity index (χ4v) is 9.17. The maximum Gasteiger partial charge on any atom is 0.483 e. The molecule has 1 aromatic heterocycles. The van der Waals surface area contributed by atoms with E-state index in [0.717, 1.165) is 40.0 Å². The maximum atomic E-state index is 13.3. The molecule has 2 saturated heterocycles. The number of aromatic amines is 1. The zero-order chi connectivity index (χ0) is 56.9. The number of phosphoric ester groups is 2. The van der Waals surface area contributed by atoms with E-state index in [9.17, 15) is 92.4 Å². The summed E-state index contributed by atoms with van der Waals surface area (Å²) >= 11 is 0. The third-order valence-electron chi connectivity index (χ3n) is 11.0. The average Bonchev–Trinajstić information content (AvgIpc) is 3.58.